The monoisotopic (exact) mass is 821 g/mol. The highest BCUT2D eigenvalue weighted by Crippen LogP contribution is 2.43. The van der Waals surface area contributed by atoms with Crippen molar-refractivity contribution in [3.8, 4) is 0 Å². The smallest absolute Gasteiger partial charge is 0.472 e. The molecule has 0 spiro atoms. The second kappa shape index (κ2) is 38.2. The number of aliphatic hydroxyl groups is 1. The lowest BCUT2D eigenvalue weighted by molar-refractivity contribution is -0.161. The highest BCUT2D eigenvalue weighted by atomic mass is 31.2. The van der Waals surface area contributed by atoms with E-state index < -0.39 is 63.8 Å². The maximum atomic E-state index is 12.6. The summed E-state index contributed by atoms with van der Waals surface area (Å²) in [5, 5.41) is 18.9. The number of aliphatic hydroxyl groups excluding tert-OH is 1. The largest absolute Gasteiger partial charge is 0.480 e. The zero-order valence-electron chi connectivity index (χ0n) is 34.5. The van der Waals surface area contributed by atoms with E-state index >= 15 is 0 Å². The van der Waals surface area contributed by atoms with Crippen molar-refractivity contribution in [1.29, 1.82) is 0 Å². The number of carbonyl (C=O) groups excluding carboxylic acids is 2. The van der Waals surface area contributed by atoms with Crippen LogP contribution in [0.25, 0.3) is 0 Å². The van der Waals surface area contributed by atoms with E-state index in [1.807, 2.05) is 36.5 Å². The fraction of sp³-hybridized carbons (Fsp3) is 0.614. The maximum Gasteiger partial charge on any atom is 0.472 e. The van der Waals surface area contributed by atoms with Crippen LogP contribution in [0.1, 0.15) is 136 Å². The molecule has 0 aliphatic carbocycles. The maximum absolute atomic E-state index is 12.6. The fourth-order valence-corrected chi connectivity index (χ4v) is 5.69. The molecule has 0 radical (unpaired) electrons. The van der Waals surface area contributed by atoms with Gasteiger partial charge >= 0.3 is 25.7 Å². The van der Waals surface area contributed by atoms with Crippen LogP contribution < -0.4 is 5.73 Å². The number of esters is 2. The first-order chi connectivity index (χ1) is 27.5. The number of rotatable bonds is 37. The summed E-state index contributed by atoms with van der Waals surface area (Å²) in [5.74, 6) is -2.54. The number of nitrogens with two attached hydrogens (primary N) is 1. The average molecular weight is 822 g/mol. The SMILES string of the molecule is CC/C=C\C/C=C\C/C=C\CCCCCCCC(=O)OC[C@H](COP(=O)(O)OC[C@H](N)C(=O)O)OC(=O)CCC/C=C/C/C=C\C[C@@H](O)/C=C\C=C/CCCCC. The van der Waals surface area contributed by atoms with Gasteiger partial charge in [-0.05, 0) is 77.0 Å². The molecule has 0 heterocycles. The standard InChI is InChI=1S/C44H72NO11P/c1-3-5-7-9-11-12-13-14-15-16-17-18-22-26-30-34-42(47)53-36-40(37-54-57(51,52)55-38-41(45)44(49)50)56-43(48)35-31-27-23-19-21-25-29-33-39(46)32-28-24-20-10-8-6-4-2/h5,7,11-12,14-15,19-20,23-25,28-29,32,39-41,46H,3-4,6,8-10,13,16-18,21-22,26-27,30-31,33-38,45H2,1-2H3,(H,49,50)(H,51,52)/b7-5-,12-11-,15-14-,23-19+,24-20-,29-25-,32-28-/t39-,40+,41-/m0/s1. The zero-order valence-corrected chi connectivity index (χ0v) is 35.4. The van der Waals surface area contributed by atoms with Gasteiger partial charge in [-0.15, -0.1) is 0 Å². The molecule has 13 heteroatoms. The molecular weight excluding hydrogens is 749 g/mol. The van der Waals surface area contributed by atoms with E-state index in [2.05, 4.69) is 60.9 Å². The number of phosphoric acid groups is 1. The van der Waals surface area contributed by atoms with Gasteiger partial charge in [0.1, 0.15) is 12.6 Å². The number of hydrogen-bond donors (Lipinski definition) is 4. The van der Waals surface area contributed by atoms with Crippen molar-refractivity contribution in [2.24, 2.45) is 5.73 Å². The number of aliphatic carboxylic acids is 1. The Kier molecular flexibility index (Phi) is 35.9. The van der Waals surface area contributed by atoms with Crippen molar-refractivity contribution in [2.45, 2.75) is 154 Å². The number of phosphoric ester groups is 1. The molecule has 5 N–H and O–H groups in total. The molecule has 0 aliphatic heterocycles. The van der Waals surface area contributed by atoms with E-state index in [1.54, 1.807) is 6.08 Å². The van der Waals surface area contributed by atoms with Crippen LogP contribution in [0.4, 0.5) is 0 Å². The lowest BCUT2D eigenvalue weighted by Gasteiger charge is -2.20. The molecular formula is C44H72NO11P. The first-order valence-electron chi connectivity index (χ1n) is 20.7. The average Bonchev–Trinajstić information content (AvgIpc) is 3.18. The van der Waals surface area contributed by atoms with Crippen molar-refractivity contribution < 1.29 is 52.6 Å². The number of carbonyl (C=O) groups is 3. The molecule has 0 bridgehead atoms. The van der Waals surface area contributed by atoms with E-state index in [0.29, 0.717) is 32.1 Å². The topological polar surface area (TPSA) is 192 Å². The van der Waals surface area contributed by atoms with Crippen LogP contribution in [-0.4, -0.2) is 71.1 Å². The lowest BCUT2D eigenvalue weighted by Crippen LogP contribution is -2.34. The molecule has 0 saturated heterocycles. The molecule has 1 unspecified atom stereocenters. The lowest BCUT2D eigenvalue weighted by atomic mass is 10.1. The molecule has 0 fully saturated rings. The molecule has 0 aliphatic rings. The second-order valence-electron chi connectivity index (χ2n) is 13.6. The Hall–Kier alpha value is -3.38. The van der Waals surface area contributed by atoms with Crippen molar-refractivity contribution in [1.82, 2.24) is 0 Å². The van der Waals surface area contributed by atoms with Gasteiger partial charge in [0.25, 0.3) is 0 Å². The Morgan fingerprint density at radius 3 is 1.89 bits per heavy atom. The summed E-state index contributed by atoms with van der Waals surface area (Å²) >= 11 is 0. The second-order valence-corrected chi connectivity index (χ2v) is 15.0. The predicted octanol–water partition coefficient (Wildman–Crippen LogP) is 9.69. The summed E-state index contributed by atoms with van der Waals surface area (Å²) in [6.07, 6.45) is 42.5. The molecule has 324 valence electrons. The predicted molar refractivity (Wildman–Crippen MR) is 227 cm³/mol. The van der Waals surface area contributed by atoms with Gasteiger partial charge in [0, 0.05) is 12.8 Å². The van der Waals surface area contributed by atoms with Crippen LogP contribution in [0.5, 0.6) is 0 Å². The minimum absolute atomic E-state index is 0.0424. The Morgan fingerprint density at radius 1 is 0.649 bits per heavy atom. The summed E-state index contributed by atoms with van der Waals surface area (Å²) in [6, 6.07) is -1.55. The van der Waals surface area contributed by atoms with Gasteiger partial charge in [0.05, 0.1) is 19.3 Å². The third kappa shape index (κ3) is 37.9. The van der Waals surface area contributed by atoms with Crippen LogP contribution in [0.3, 0.4) is 0 Å². The summed E-state index contributed by atoms with van der Waals surface area (Å²) in [6.45, 7) is 2.48. The van der Waals surface area contributed by atoms with E-state index in [9.17, 15) is 28.9 Å². The number of unbranched alkanes of at least 4 members (excludes halogenated alkanes) is 9. The van der Waals surface area contributed by atoms with Gasteiger partial charge in [-0.25, -0.2) is 4.57 Å². The fourth-order valence-electron chi connectivity index (χ4n) is 4.91. The van der Waals surface area contributed by atoms with Crippen LogP contribution in [0, 0.1) is 0 Å². The van der Waals surface area contributed by atoms with Crippen LogP contribution in [-0.2, 0) is 37.5 Å². The first-order valence-corrected chi connectivity index (χ1v) is 22.2. The molecule has 0 aromatic heterocycles. The Morgan fingerprint density at radius 2 is 1.21 bits per heavy atom. The number of carboxylic acids is 1. The summed E-state index contributed by atoms with van der Waals surface area (Å²) in [4.78, 5) is 45.9. The Labute approximate surface area is 342 Å². The molecule has 0 aromatic carbocycles. The molecule has 57 heavy (non-hydrogen) atoms. The van der Waals surface area contributed by atoms with E-state index in [-0.39, 0.29) is 12.8 Å². The van der Waals surface area contributed by atoms with Gasteiger partial charge in [-0.1, -0.05) is 131 Å². The van der Waals surface area contributed by atoms with Crippen molar-refractivity contribution in [3.63, 3.8) is 0 Å². The third-order valence-corrected chi connectivity index (χ3v) is 9.16. The summed E-state index contributed by atoms with van der Waals surface area (Å²) < 4.78 is 32.5. The highest BCUT2D eigenvalue weighted by Gasteiger charge is 2.28. The van der Waals surface area contributed by atoms with Gasteiger partial charge in [0.15, 0.2) is 6.10 Å². The van der Waals surface area contributed by atoms with Crippen molar-refractivity contribution >= 4 is 25.7 Å². The van der Waals surface area contributed by atoms with Crippen LogP contribution >= 0.6 is 7.82 Å². The number of hydrogen-bond acceptors (Lipinski definition) is 10. The molecule has 4 atom stereocenters. The highest BCUT2D eigenvalue weighted by molar-refractivity contribution is 7.47. The summed E-state index contributed by atoms with van der Waals surface area (Å²) in [7, 11) is -4.76. The summed E-state index contributed by atoms with van der Waals surface area (Å²) in [5.41, 5.74) is 5.32. The zero-order chi connectivity index (χ0) is 42.2. The molecule has 12 nitrogen and oxygen atoms in total. The van der Waals surface area contributed by atoms with Crippen LogP contribution in [0.2, 0.25) is 0 Å². The Bertz CT molecular complexity index is 1300. The molecule has 0 amide bonds. The normalized spacial score (nSPS) is 15.2. The quantitative estimate of drug-likeness (QED) is 0.0153. The van der Waals surface area contributed by atoms with Crippen molar-refractivity contribution in [3.05, 3.63) is 85.1 Å². The van der Waals surface area contributed by atoms with Crippen molar-refractivity contribution in [2.75, 3.05) is 19.8 Å². The first kappa shape index (κ1) is 53.6. The number of ether oxygens (including phenoxy) is 2. The van der Waals surface area contributed by atoms with E-state index in [0.717, 1.165) is 57.8 Å². The van der Waals surface area contributed by atoms with Crippen LogP contribution in [0.15, 0.2) is 85.1 Å². The molecule has 0 saturated carbocycles. The number of allylic oxidation sites excluding steroid dienone is 12. The number of carboxylic acid groups (broad SMARTS) is 1. The van der Waals surface area contributed by atoms with Gasteiger partial charge in [-0.3, -0.25) is 23.4 Å². The minimum atomic E-state index is -4.76. The van der Waals surface area contributed by atoms with E-state index in [4.69, 9.17) is 24.8 Å². The third-order valence-electron chi connectivity index (χ3n) is 8.21. The minimum Gasteiger partial charge on any atom is -0.480 e. The van der Waals surface area contributed by atoms with E-state index in [1.165, 1.54) is 19.3 Å². The van der Waals surface area contributed by atoms with Gasteiger partial charge < -0.3 is 30.3 Å². The molecule has 0 rings (SSSR count). The Balaban J connectivity index is 4.60. The van der Waals surface area contributed by atoms with Gasteiger partial charge in [-0.2, -0.15) is 0 Å². The molecule has 0 aromatic rings. The van der Waals surface area contributed by atoms with Gasteiger partial charge in [0.2, 0.25) is 0 Å².